The van der Waals surface area contributed by atoms with Crippen molar-refractivity contribution in [3.63, 3.8) is 0 Å². The highest BCUT2D eigenvalue weighted by molar-refractivity contribution is 6.04. The number of carbonyl (C=O) groups excluding carboxylic acids is 3. The van der Waals surface area contributed by atoms with E-state index in [0.717, 1.165) is 23.6 Å². The average molecular weight is 543 g/mol. The summed E-state index contributed by atoms with van der Waals surface area (Å²) >= 11 is 0. The number of aliphatic hydroxyl groups is 1. The number of benzene rings is 1. The first-order valence-corrected chi connectivity index (χ1v) is 13.2. The first-order chi connectivity index (χ1) is 18.6. The molecule has 3 atom stereocenters. The fourth-order valence-electron chi connectivity index (χ4n) is 5.05. The van der Waals surface area contributed by atoms with Gasteiger partial charge >= 0.3 is 0 Å². The Balaban J connectivity index is 1.78. The van der Waals surface area contributed by atoms with Gasteiger partial charge in [0.2, 0.25) is 5.72 Å². The number of carbonyl (C=O) groups is 3. The summed E-state index contributed by atoms with van der Waals surface area (Å²) in [5.41, 5.74) is 0.0977. The molecule has 3 N–H and O–H groups in total. The summed E-state index contributed by atoms with van der Waals surface area (Å²) < 4.78 is 20.5. The Kier molecular flexibility index (Phi) is 10.6. The molecule has 0 aromatic heterocycles. The molecule has 3 rings (SSSR count). The van der Waals surface area contributed by atoms with E-state index in [1.807, 2.05) is 19.9 Å². The SMILES string of the molecule is C\C=C/C=C1/C(=O)N(C(O)(CCC=O)C(=O)NC)C/C1=C\NCc1cc(CN2CC(C)OC(C)C2)ccc1F. The summed E-state index contributed by atoms with van der Waals surface area (Å²) in [4.78, 5) is 40.1. The Morgan fingerprint density at radius 1 is 1.28 bits per heavy atom. The van der Waals surface area contributed by atoms with Gasteiger partial charge in [0, 0.05) is 69.0 Å². The fourth-order valence-corrected chi connectivity index (χ4v) is 5.05. The van der Waals surface area contributed by atoms with Crippen molar-refractivity contribution in [2.24, 2.45) is 0 Å². The first-order valence-electron chi connectivity index (χ1n) is 13.2. The van der Waals surface area contributed by atoms with Crippen LogP contribution in [0.25, 0.3) is 0 Å². The first kappa shape index (κ1) is 30.2. The third-order valence-electron chi connectivity index (χ3n) is 6.83. The number of nitrogens with zero attached hydrogens (tertiary/aromatic N) is 2. The van der Waals surface area contributed by atoms with E-state index < -0.39 is 17.5 Å². The predicted molar refractivity (Wildman–Crippen MR) is 146 cm³/mol. The molecule has 2 saturated heterocycles. The molecule has 0 saturated carbocycles. The molecular weight excluding hydrogens is 503 g/mol. The molecule has 1 aromatic carbocycles. The Labute approximate surface area is 229 Å². The van der Waals surface area contributed by atoms with Crippen molar-refractivity contribution in [1.29, 1.82) is 0 Å². The highest BCUT2D eigenvalue weighted by atomic mass is 19.1. The molecular formula is C29H39FN4O5. The Morgan fingerprint density at radius 2 is 2.00 bits per heavy atom. The second-order valence-corrected chi connectivity index (χ2v) is 10.0. The van der Waals surface area contributed by atoms with Crippen molar-refractivity contribution < 1.29 is 28.6 Å². The maximum absolute atomic E-state index is 14.7. The molecule has 2 heterocycles. The van der Waals surface area contributed by atoms with Gasteiger partial charge in [-0.1, -0.05) is 18.2 Å². The lowest BCUT2D eigenvalue weighted by molar-refractivity contribution is -0.171. The Bertz CT molecular complexity index is 1140. The van der Waals surface area contributed by atoms with E-state index in [9.17, 15) is 23.9 Å². The monoisotopic (exact) mass is 542 g/mol. The number of amides is 2. The molecule has 39 heavy (non-hydrogen) atoms. The van der Waals surface area contributed by atoms with Gasteiger partial charge < -0.3 is 25.3 Å². The van der Waals surface area contributed by atoms with Crippen LogP contribution in [0.2, 0.25) is 0 Å². The van der Waals surface area contributed by atoms with Gasteiger partial charge in [-0.25, -0.2) is 4.39 Å². The summed E-state index contributed by atoms with van der Waals surface area (Å²) in [6.07, 6.45) is 7.18. The molecule has 9 nitrogen and oxygen atoms in total. The summed E-state index contributed by atoms with van der Waals surface area (Å²) in [5.74, 6) is -1.66. The van der Waals surface area contributed by atoms with E-state index in [0.29, 0.717) is 29.5 Å². The molecule has 0 spiro atoms. The zero-order valence-corrected chi connectivity index (χ0v) is 23.1. The number of hydrogen-bond acceptors (Lipinski definition) is 7. The van der Waals surface area contributed by atoms with Gasteiger partial charge in [0.15, 0.2) is 0 Å². The molecule has 0 bridgehead atoms. The van der Waals surface area contributed by atoms with Crippen LogP contribution < -0.4 is 10.6 Å². The van der Waals surface area contributed by atoms with Gasteiger partial charge in [-0.05, 0) is 44.5 Å². The molecule has 2 amide bonds. The number of likely N-dealkylation sites (N-methyl/N-ethyl adjacent to an activating group) is 1. The number of aldehydes is 1. The Hall–Kier alpha value is -3.34. The molecule has 0 radical (unpaired) electrons. The largest absolute Gasteiger partial charge is 0.386 e. The number of likely N-dealkylation sites (tertiary alicyclic amines) is 1. The van der Waals surface area contributed by atoms with Gasteiger partial charge in [0.25, 0.3) is 11.8 Å². The minimum atomic E-state index is -2.19. The fraction of sp³-hybridized carbons (Fsp3) is 0.483. The van der Waals surface area contributed by atoms with Crippen molar-refractivity contribution in [1.82, 2.24) is 20.4 Å². The zero-order chi connectivity index (χ0) is 28.6. The van der Waals surface area contributed by atoms with Crippen molar-refractivity contribution >= 4 is 18.1 Å². The van der Waals surface area contributed by atoms with Gasteiger partial charge in [-0.2, -0.15) is 0 Å². The number of allylic oxidation sites excluding steroid dienone is 3. The van der Waals surface area contributed by atoms with Crippen LogP contribution in [0.1, 0.15) is 44.7 Å². The lowest BCUT2D eigenvalue weighted by atomic mass is 10.0. The van der Waals surface area contributed by atoms with Gasteiger partial charge in [0.1, 0.15) is 12.1 Å². The second kappa shape index (κ2) is 13.6. The molecule has 212 valence electrons. The highest BCUT2D eigenvalue weighted by Crippen LogP contribution is 2.31. The highest BCUT2D eigenvalue weighted by Gasteiger charge is 2.48. The van der Waals surface area contributed by atoms with Crippen LogP contribution in [0.4, 0.5) is 4.39 Å². The van der Waals surface area contributed by atoms with Gasteiger partial charge in [-0.15, -0.1) is 0 Å². The van der Waals surface area contributed by atoms with Gasteiger partial charge in [-0.3, -0.25) is 19.4 Å². The van der Waals surface area contributed by atoms with Gasteiger partial charge in [0.05, 0.1) is 18.8 Å². The van der Waals surface area contributed by atoms with Crippen LogP contribution in [0.15, 0.2) is 53.8 Å². The maximum Gasteiger partial charge on any atom is 0.273 e. The molecule has 0 aliphatic carbocycles. The Morgan fingerprint density at radius 3 is 2.64 bits per heavy atom. The van der Waals surface area contributed by atoms with Crippen LogP contribution in [-0.4, -0.2) is 77.6 Å². The standard InChI is InChI=1S/C29H39FN4O5/c1-5-6-8-25-24(19-34(27(25)36)29(38,11-7-12-35)28(37)31-4)15-32-14-23-13-22(9-10-26(23)30)18-33-16-20(2)39-21(3)17-33/h5-6,8-10,12-13,15,20-21,32,38H,7,11,14,16-19H2,1-4H3,(H,31,37)/b6-5-,24-15+,25-8+. The normalized spacial score (nSPS) is 23.9. The van der Waals surface area contributed by atoms with Crippen LogP contribution in [0, 0.1) is 5.82 Å². The van der Waals surface area contributed by atoms with E-state index in [4.69, 9.17) is 4.74 Å². The summed E-state index contributed by atoms with van der Waals surface area (Å²) in [5, 5.41) is 16.6. The van der Waals surface area contributed by atoms with E-state index in [1.165, 1.54) is 13.1 Å². The van der Waals surface area contributed by atoms with E-state index in [-0.39, 0.29) is 44.0 Å². The molecule has 3 unspecified atom stereocenters. The maximum atomic E-state index is 14.7. The minimum absolute atomic E-state index is 0.0616. The van der Waals surface area contributed by atoms with Crippen LogP contribution in [0.3, 0.4) is 0 Å². The quantitative estimate of drug-likeness (QED) is 0.290. The second-order valence-electron chi connectivity index (χ2n) is 10.0. The van der Waals surface area contributed by atoms with Crippen molar-refractivity contribution in [3.05, 3.63) is 70.7 Å². The van der Waals surface area contributed by atoms with Crippen molar-refractivity contribution in [3.8, 4) is 0 Å². The number of rotatable bonds is 11. The number of hydrogen-bond donors (Lipinski definition) is 3. The van der Waals surface area contributed by atoms with Crippen molar-refractivity contribution in [2.45, 2.75) is 64.6 Å². The number of halogens is 1. The van der Waals surface area contributed by atoms with Crippen LogP contribution in [0.5, 0.6) is 0 Å². The lowest BCUT2D eigenvalue weighted by Gasteiger charge is -2.35. The van der Waals surface area contributed by atoms with Crippen LogP contribution in [-0.2, 0) is 32.2 Å². The van der Waals surface area contributed by atoms with E-state index in [1.54, 1.807) is 37.4 Å². The third kappa shape index (κ3) is 7.40. The molecule has 10 heteroatoms. The zero-order valence-electron chi connectivity index (χ0n) is 23.1. The van der Waals surface area contributed by atoms with Crippen molar-refractivity contribution in [2.75, 3.05) is 26.7 Å². The minimum Gasteiger partial charge on any atom is -0.386 e. The summed E-state index contributed by atoms with van der Waals surface area (Å²) in [6.45, 7) is 8.30. The molecule has 1 aromatic rings. The molecule has 2 aliphatic heterocycles. The topological polar surface area (TPSA) is 111 Å². The average Bonchev–Trinajstić information content (AvgIpc) is 3.22. The predicted octanol–water partition coefficient (Wildman–Crippen LogP) is 2.17. The number of morpholine rings is 1. The summed E-state index contributed by atoms with van der Waals surface area (Å²) in [7, 11) is 1.35. The number of ether oxygens (including phenoxy) is 1. The number of nitrogens with one attached hydrogen (secondary N) is 2. The van der Waals surface area contributed by atoms with E-state index in [2.05, 4.69) is 15.5 Å². The smallest absolute Gasteiger partial charge is 0.273 e. The molecule has 2 fully saturated rings. The van der Waals surface area contributed by atoms with Crippen LogP contribution >= 0.6 is 0 Å². The lowest BCUT2D eigenvalue weighted by Crippen LogP contribution is -2.59. The third-order valence-corrected chi connectivity index (χ3v) is 6.83. The van der Waals surface area contributed by atoms with E-state index >= 15 is 0 Å². The molecule has 2 aliphatic rings. The summed E-state index contributed by atoms with van der Waals surface area (Å²) in [6, 6.07) is 5.08.